The number of fused-ring (bicyclic) bond motifs is 1. The fraction of sp³-hybridized carbons (Fsp3) is 0.333. The summed E-state index contributed by atoms with van der Waals surface area (Å²) in [7, 11) is 0. The van der Waals surface area contributed by atoms with Gasteiger partial charge < -0.3 is 9.15 Å². The predicted molar refractivity (Wildman–Crippen MR) is 182 cm³/mol. The molecule has 0 bridgehead atoms. The summed E-state index contributed by atoms with van der Waals surface area (Å²) in [6.45, 7) is 5.49. The number of piperidine rings is 2. The number of rotatable bonds is 10. The van der Waals surface area contributed by atoms with Crippen LogP contribution in [0.25, 0.3) is 16.7 Å². The molecule has 0 amide bonds. The summed E-state index contributed by atoms with van der Waals surface area (Å²) >= 11 is 0. The molecule has 0 spiro atoms. The van der Waals surface area contributed by atoms with Gasteiger partial charge in [0.1, 0.15) is 17.4 Å². The number of ether oxygens (including phenoxy) is 1. The molecule has 2 fully saturated rings. The van der Waals surface area contributed by atoms with Gasteiger partial charge in [-0.1, -0.05) is 12.1 Å². The lowest BCUT2D eigenvalue weighted by Crippen LogP contribution is -2.37. The fourth-order valence-corrected chi connectivity index (χ4v) is 6.78. The van der Waals surface area contributed by atoms with E-state index >= 15 is 0 Å². The minimum Gasteiger partial charge on any atom is -0.490 e. The third-order valence-electron chi connectivity index (χ3n) is 9.58. The second-order valence-corrected chi connectivity index (χ2v) is 13.0. The van der Waals surface area contributed by atoms with Crippen molar-refractivity contribution in [2.24, 2.45) is 5.92 Å². The molecule has 5 aromatic rings. The second-order valence-electron chi connectivity index (χ2n) is 13.0. The average Bonchev–Trinajstić information content (AvgIpc) is 3.78. The third-order valence-corrected chi connectivity index (χ3v) is 9.58. The number of carbonyl (C=O) groups is 1. The van der Waals surface area contributed by atoms with E-state index in [0.717, 1.165) is 87.3 Å². The molecule has 0 radical (unpaired) electrons. The van der Waals surface area contributed by atoms with Crippen molar-refractivity contribution in [3.8, 4) is 23.6 Å². The number of hydrogen-bond donors (Lipinski definition) is 0. The zero-order valence-electron chi connectivity index (χ0n) is 26.9. The molecular formula is C39H38N6O3. The Morgan fingerprint density at radius 2 is 1.46 bits per heavy atom. The summed E-state index contributed by atoms with van der Waals surface area (Å²) in [5.41, 5.74) is 5.30. The highest BCUT2D eigenvalue weighted by molar-refractivity contribution is 5.97. The summed E-state index contributed by atoms with van der Waals surface area (Å²) in [4.78, 5) is 18.0. The monoisotopic (exact) mass is 638 g/mol. The summed E-state index contributed by atoms with van der Waals surface area (Å²) < 4.78 is 14.3. The van der Waals surface area contributed by atoms with Crippen LogP contribution in [-0.4, -0.2) is 57.6 Å². The van der Waals surface area contributed by atoms with Crippen molar-refractivity contribution in [2.45, 2.75) is 51.3 Å². The van der Waals surface area contributed by atoms with Crippen LogP contribution in [-0.2, 0) is 13.1 Å². The van der Waals surface area contributed by atoms with Gasteiger partial charge in [-0.3, -0.25) is 14.6 Å². The van der Waals surface area contributed by atoms with E-state index in [0.29, 0.717) is 34.8 Å². The van der Waals surface area contributed by atoms with Crippen LogP contribution in [0, 0.1) is 28.6 Å². The molecule has 9 heteroatoms. The van der Waals surface area contributed by atoms with Gasteiger partial charge in [0.15, 0.2) is 11.5 Å². The molecule has 2 aliphatic rings. The van der Waals surface area contributed by atoms with E-state index in [2.05, 4.69) is 27.0 Å². The average molecular weight is 639 g/mol. The van der Waals surface area contributed by atoms with E-state index in [-0.39, 0.29) is 11.9 Å². The number of carbonyl (C=O) groups excluding carboxylic acids is 1. The Hall–Kier alpha value is -5.22. The van der Waals surface area contributed by atoms with Crippen molar-refractivity contribution < 1.29 is 13.9 Å². The molecule has 3 aromatic carbocycles. The zero-order valence-corrected chi connectivity index (χ0v) is 26.9. The van der Waals surface area contributed by atoms with E-state index in [9.17, 15) is 4.79 Å². The molecule has 0 N–H and O–H groups in total. The fourth-order valence-electron chi connectivity index (χ4n) is 6.78. The number of nitriles is 2. The maximum Gasteiger partial charge on any atom is 0.198 e. The van der Waals surface area contributed by atoms with Crippen molar-refractivity contribution in [1.82, 2.24) is 19.6 Å². The van der Waals surface area contributed by atoms with Crippen molar-refractivity contribution >= 4 is 16.8 Å². The lowest BCUT2D eigenvalue weighted by Gasteiger charge is -2.31. The first kappa shape index (κ1) is 31.4. The molecule has 7 rings (SSSR count). The van der Waals surface area contributed by atoms with Gasteiger partial charge in [-0.05, 0) is 105 Å². The Balaban J connectivity index is 0.865. The van der Waals surface area contributed by atoms with E-state index < -0.39 is 0 Å². The van der Waals surface area contributed by atoms with Crippen LogP contribution >= 0.6 is 0 Å². The number of likely N-dealkylation sites (tertiary alicyclic amines) is 2. The Labute approximate surface area is 280 Å². The first-order chi connectivity index (χ1) is 23.5. The van der Waals surface area contributed by atoms with Gasteiger partial charge >= 0.3 is 0 Å². The quantitative estimate of drug-likeness (QED) is 0.152. The molecule has 9 nitrogen and oxygen atoms in total. The smallest absolute Gasteiger partial charge is 0.198 e. The summed E-state index contributed by atoms with van der Waals surface area (Å²) in [5.74, 6) is 1.62. The van der Waals surface area contributed by atoms with Crippen LogP contribution < -0.4 is 4.74 Å². The molecule has 4 heterocycles. The van der Waals surface area contributed by atoms with Gasteiger partial charge in [0.25, 0.3) is 0 Å². The highest BCUT2D eigenvalue weighted by atomic mass is 16.5. The van der Waals surface area contributed by atoms with Crippen LogP contribution in [0.5, 0.6) is 5.75 Å². The lowest BCUT2D eigenvalue weighted by atomic mass is 9.91. The summed E-state index contributed by atoms with van der Waals surface area (Å²) in [6, 6.07) is 27.3. The molecule has 48 heavy (non-hydrogen) atoms. The highest BCUT2D eigenvalue weighted by Crippen LogP contribution is 2.29. The number of Topliss-reactive ketones (excluding diaryl/α,β-unsaturated/α-hetero) is 1. The number of ketones is 1. The van der Waals surface area contributed by atoms with Crippen molar-refractivity contribution in [2.75, 3.05) is 26.2 Å². The van der Waals surface area contributed by atoms with Gasteiger partial charge in [0, 0.05) is 55.8 Å². The van der Waals surface area contributed by atoms with Gasteiger partial charge in [-0.15, -0.1) is 0 Å². The largest absolute Gasteiger partial charge is 0.490 e. The minimum atomic E-state index is 0.0639. The van der Waals surface area contributed by atoms with E-state index in [1.807, 2.05) is 77.7 Å². The standard InChI is InChI=1S/C39H38N6O3/c40-22-29-1-3-31(4-2-29)25-43-15-11-28(12-16-43)19-37(46)39-20-33-7-10-36(21-38(33)48-39)47-35-13-17-44(18-14-35)26-32-24-42-45(27-32)34-8-5-30(23-41)6-9-34/h1-10,20-21,24,27-28,35H,11-19,25-26H2. The maximum absolute atomic E-state index is 13.2. The minimum absolute atomic E-state index is 0.0639. The number of furan rings is 1. The van der Waals surface area contributed by atoms with Crippen molar-refractivity contribution in [3.05, 3.63) is 113 Å². The van der Waals surface area contributed by atoms with E-state index in [1.54, 1.807) is 12.1 Å². The molecule has 2 saturated heterocycles. The molecule has 0 saturated carbocycles. The predicted octanol–water partition coefficient (Wildman–Crippen LogP) is 6.89. The molecular weight excluding hydrogens is 600 g/mol. The Morgan fingerprint density at radius 1 is 0.812 bits per heavy atom. The number of aromatic nitrogens is 2. The zero-order chi connectivity index (χ0) is 32.9. The van der Waals surface area contributed by atoms with Gasteiger partial charge in [0.2, 0.25) is 0 Å². The van der Waals surface area contributed by atoms with Crippen LogP contribution in [0.1, 0.15) is 64.9 Å². The van der Waals surface area contributed by atoms with Crippen molar-refractivity contribution in [1.29, 1.82) is 10.5 Å². The molecule has 2 aromatic heterocycles. The van der Waals surface area contributed by atoms with Crippen LogP contribution in [0.4, 0.5) is 0 Å². The molecule has 2 aliphatic heterocycles. The first-order valence-electron chi connectivity index (χ1n) is 16.7. The lowest BCUT2D eigenvalue weighted by molar-refractivity contribution is 0.0899. The first-order valence-corrected chi connectivity index (χ1v) is 16.7. The SMILES string of the molecule is N#Cc1ccc(CN2CCC(CC(=O)c3cc4ccc(OC5CCN(Cc6cnn(-c7ccc(C#N)cc7)c6)CC5)cc4o3)CC2)cc1. The summed E-state index contributed by atoms with van der Waals surface area (Å²) in [6.07, 6.45) is 8.41. The van der Waals surface area contributed by atoms with E-state index in [4.69, 9.17) is 19.7 Å². The van der Waals surface area contributed by atoms with Crippen LogP contribution in [0.3, 0.4) is 0 Å². The number of nitrogens with zero attached hydrogens (tertiary/aromatic N) is 6. The van der Waals surface area contributed by atoms with Gasteiger partial charge in [-0.25, -0.2) is 4.68 Å². The topological polar surface area (TPSA) is 111 Å². The second kappa shape index (κ2) is 14.3. The van der Waals surface area contributed by atoms with Gasteiger partial charge in [0.05, 0.1) is 35.1 Å². The van der Waals surface area contributed by atoms with Crippen molar-refractivity contribution in [3.63, 3.8) is 0 Å². The molecule has 242 valence electrons. The molecule has 0 atom stereocenters. The Kier molecular flexibility index (Phi) is 9.33. The normalized spacial score (nSPS) is 16.5. The maximum atomic E-state index is 13.2. The van der Waals surface area contributed by atoms with Crippen LogP contribution in [0.15, 0.2) is 89.6 Å². The third kappa shape index (κ3) is 7.50. The number of hydrogen-bond acceptors (Lipinski definition) is 8. The highest BCUT2D eigenvalue weighted by Gasteiger charge is 2.25. The number of benzene rings is 3. The molecule has 0 aliphatic carbocycles. The van der Waals surface area contributed by atoms with Gasteiger partial charge in [-0.2, -0.15) is 15.6 Å². The summed E-state index contributed by atoms with van der Waals surface area (Å²) in [5, 5.41) is 23.5. The Morgan fingerprint density at radius 3 is 2.15 bits per heavy atom. The molecule has 0 unspecified atom stereocenters. The van der Waals surface area contributed by atoms with Crippen LogP contribution in [0.2, 0.25) is 0 Å². The van der Waals surface area contributed by atoms with E-state index in [1.165, 1.54) is 5.56 Å². The Bertz CT molecular complexity index is 1950.